The molecule has 10 nitrogen and oxygen atoms in total. The van der Waals surface area contributed by atoms with Gasteiger partial charge in [0.15, 0.2) is 0 Å². The highest BCUT2D eigenvalue weighted by Crippen LogP contribution is 2.25. The van der Waals surface area contributed by atoms with E-state index in [2.05, 4.69) is 10.3 Å². The van der Waals surface area contributed by atoms with E-state index in [1.165, 1.54) is 0 Å². The first kappa shape index (κ1) is 25.2. The molecule has 2 aromatic rings. The van der Waals surface area contributed by atoms with Gasteiger partial charge in [0.25, 0.3) is 5.91 Å². The number of methoxy groups -OCH3 is 1. The van der Waals surface area contributed by atoms with Crippen molar-refractivity contribution in [3.63, 3.8) is 0 Å². The van der Waals surface area contributed by atoms with Crippen molar-refractivity contribution in [2.24, 2.45) is 5.73 Å². The van der Waals surface area contributed by atoms with Gasteiger partial charge in [-0.3, -0.25) is 9.59 Å². The van der Waals surface area contributed by atoms with Crippen molar-refractivity contribution < 1.29 is 23.9 Å². The van der Waals surface area contributed by atoms with Crippen molar-refractivity contribution in [1.29, 1.82) is 0 Å². The molecule has 2 heterocycles. The summed E-state index contributed by atoms with van der Waals surface area (Å²) in [6.07, 6.45) is 1.53. The number of nitrogens with two attached hydrogens (primary N) is 1. The van der Waals surface area contributed by atoms with E-state index in [-0.39, 0.29) is 17.7 Å². The van der Waals surface area contributed by atoms with E-state index in [0.717, 1.165) is 11.8 Å². The summed E-state index contributed by atoms with van der Waals surface area (Å²) in [6, 6.07) is 8.26. The maximum atomic E-state index is 13.3. The molecule has 1 aliphatic heterocycles. The van der Waals surface area contributed by atoms with Crippen LogP contribution in [0.4, 0.5) is 4.79 Å². The highest BCUT2D eigenvalue weighted by Gasteiger charge is 2.30. The van der Waals surface area contributed by atoms with Crippen molar-refractivity contribution in [3.05, 3.63) is 36.0 Å². The summed E-state index contributed by atoms with van der Waals surface area (Å²) < 4.78 is 10.5. The van der Waals surface area contributed by atoms with E-state index in [4.69, 9.17) is 15.2 Å². The number of ether oxygens (including phenoxy) is 2. The van der Waals surface area contributed by atoms with Gasteiger partial charge in [-0.1, -0.05) is 12.1 Å². The summed E-state index contributed by atoms with van der Waals surface area (Å²) in [5.41, 5.74) is 6.44. The monoisotopic (exact) mass is 471 g/mol. The Kier molecular flexibility index (Phi) is 9.03. The molecule has 1 atom stereocenters. The molecule has 0 bridgehead atoms. The average molecular weight is 472 g/mol. The number of hydrogen-bond acceptors (Lipinski definition) is 7. The van der Waals surface area contributed by atoms with E-state index < -0.39 is 11.9 Å². The van der Waals surface area contributed by atoms with E-state index >= 15 is 0 Å². The van der Waals surface area contributed by atoms with E-state index in [9.17, 15) is 14.4 Å². The summed E-state index contributed by atoms with van der Waals surface area (Å²) in [4.78, 5) is 46.1. The van der Waals surface area contributed by atoms with Crippen LogP contribution in [0.25, 0.3) is 10.9 Å². The van der Waals surface area contributed by atoms with Crippen molar-refractivity contribution in [3.8, 4) is 5.75 Å². The minimum absolute atomic E-state index is 0.179. The Morgan fingerprint density at radius 2 is 1.82 bits per heavy atom. The van der Waals surface area contributed by atoms with E-state index in [0.29, 0.717) is 63.4 Å². The number of nitrogens with zero attached hydrogens (tertiary/aromatic N) is 3. The summed E-state index contributed by atoms with van der Waals surface area (Å²) >= 11 is 0. The zero-order valence-corrected chi connectivity index (χ0v) is 19.8. The molecule has 1 unspecified atom stereocenters. The fraction of sp³-hybridized carbons (Fsp3) is 0.500. The van der Waals surface area contributed by atoms with Gasteiger partial charge in [0.1, 0.15) is 17.5 Å². The first-order valence-electron chi connectivity index (χ1n) is 11.6. The molecule has 1 aromatic carbocycles. The molecule has 0 radical (unpaired) electrons. The van der Waals surface area contributed by atoms with Crippen molar-refractivity contribution in [2.75, 3.05) is 46.4 Å². The fourth-order valence-corrected chi connectivity index (χ4v) is 3.96. The third-order valence-corrected chi connectivity index (χ3v) is 5.80. The molecule has 1 aromatic heterocycles. The van der Waals surface area contributed by atoms with Crippen molar-refractivity contribution in [2.45, 2.75) is 32.2 Å². The Morgan fingerprint density at radius 3 is 2.50 bits per heavy atom. The van der Waals surface area contributed by atoms with Crippen LogP contribution in [-0.2, 0) is 9.53 Å². The van der Waals surface area contributed by atoms with Crippen molar-refractivity contribution >= 4 is 28.8 Å². The number of unbranched alkanes of at least 4 members (excludes halogenated alkanes) is 1. The maximum absolute atomic E-state index is 13.3. The lowest BCUT2D eigenvalue weighted by molar-refractivity contribution is -0.135. The highest BCUT2D eigenvalue weighted by molar-refractivity contribution is 5.99. The largest absolute Gasteiger partial charge is 0.496 e. The molecule has 1 saturated heterocycles. The molecule has 184 valence electrons. The van der Waals surface area contributed by atoms with Crippen LogP contribution in [0, 0.1) is 0 Å². The van der Waals surface area contributed by atoms with Crippen LogP contribution in [0.15, 0.2) is 30.3 Å². The van der Waals surface area contributed by atoms with E-state index in [1.54, 1.807) is 29.9 Å². The van der Waals surface area contributed by atoms with Gasteiger partial charge in [0.2, 0.25) is 5.91 Å². The molecule has 10 heteroatoms. The average Bonchev–Trinajstić information content (AvgIpc) is 2.87. The molecule has 0 saturated carbocycles. The zero-order chi connectivity index (χ0) is 24.5. The number of nitrogens with one attached hydrogen (secondary N) is 1. The second kappa shape index (κ2) is 12.2. The van der Waals surface area contributed by atoms with Crippen LogP contribution in [0.5, 0.6) is 5.75 Å². The number of fused-ring (bicyclic) bond motifs is 1. The Morgan fingerprint density at radius 1 is 1.12 bits per heavy atom. The quantitative estimate of drug-likeness (QED) is 0.534. The number of aromatic nitrogens is 1. The van der Waals surface area contributed by atoms with Gasteiger partial charge in [0, 0.05) is 37.6 Å². The lowest BCUT2D eigenvalue weighted by Gasteiger charge is -2.36. The number of carbonyl (C=O) groups is 3. The van der Waals surface area contributed by atoms with Crippen LogP contribution in [0.3, 0.4) is 0 Å². The Hall–Kier alpha value is -3.40. The number of hydrogen-bond donors (Lipinski definition) is 2. The van der Waals surface area contributed by atoms with Crippen LogP contribution in [0.1, 0.15) is 36.7 Å². The third kappa shape index (κ3) is 6.13. The smallest absolute Gasteiger partial charge is 0.409 e. The number of piperazine rings is 1. The van der Waals surface area contributed by atoms with Crippen molar-refractivity contribution in [1.82, 2.24) is 20.1 Å². The minimum Gasteiger partial charge on any atom is -0.496 e. The van der Waals surface area contributed by atoms with Gasteiger partial charge < -0.3 is 30.3 Å². The van der Waals surface area contributed by atoms with Gasteiger partial charge >= 0.3 is 6.09 Å². The molecule has 3 amide bonds. The lowest BCUT2D eigenvalue weighted by atomic mass is 10.1. The first-order chi connectivity index (χ1) is 16.5. The zero-order valence-electron chi connectivity index (χ0n) is 19.8. The van der Waals surface area contributed by atoms with Gasteiger partial charge in [0.05, 0.1) is 19.2 Å². The lowest BCUT2D eigenvalue weighted by Crippen LogP contribution is -2.56. The number of amides is 3. The van der Waals surface area contributed by atoms with Gasteiger partial charge in [-0.25, -0.2) is 9.78 Å². The second-order valence-corrected chi connectivity index (χ2v) is 8.05. The predicted octanol–water partition coefficient (Wildman–Crippen LogP) is 1.77. The Balaban J connectivity index is 1.72. The van der Waals surface area contributed by atoms with Crippen LogP contribution in [0.2, 0.25) is 0 Å². The van der Waals surface area contributed by atoms with Crippen LogP contribution >= 0.6 is 0 Å². The first-order valence-corrected chi connectivity index (χ1v) is 11.6. The topological polar surface area (TPSA) is 127 Å². The molecular weight excluding hydrogens is 438 g/mol. The number of rotatable bonds is 9. The molecular formula is C24H33N5O5. The molecule has 34 heavy (non-hydrogen) atoms. The number of para-hydroxylation sites is 1. The maximum Gasteiger partial charge on any atom is 0.409 e. The van der Waals surface area contributed by atoms with Gasteiger partial charge in [-0.2, -0.15) is 0 Å². The fourth-order valence-electron chi connectivity index (χ4n) is 3.96. The summed E-state index contributed by atoms with van der Waals surface area (Å²) in [6.45, 7) is 4.10. The van der Waals surface area contributed by atoms with Crippen LogP contribution < -0.4 is 15.8 Å². The normalized spacial score (nSPS) is 14.6. The summed E-state index contributed by atoms with van der Waals surface area (Å²) in [5.74, 6) is -0.0845. The predicted molar refractivity (Wildman–Crippen MR) is 128 cm³/mol. The Labute approximate surface area is 199 Å². The van der Waals surface area contributed by atoms with Gasteiger partial charge in [-0.15, -0.1) is 0 Å². The Bertz CT molecular complexity index is 1010. The van der Waals surface area contributed by atoms with Crippen LogP contribution in [-0.4, -0.2) is 85.2 Å². The standard InChI is InChI=1S/C24H33N5O5/c1-3-34-24(32)29-14-12-28(13-15-29)23(31)19(10-6-7-11-25)27-22(30)20-16-21(33-2)17-8-4-5-9-18(17)26-20/h4-5,8-9,16,19H,3,6-7,10-15,25H2,1-2H3,(H,27,30). The highest BCUT2D eigenvalue weighted by atomic mass is 16.6. The van der Waals surface area contributed by atoms with E-state index in [1.807, 2.05) is 24.3 Å². The number of pyridine rings is 1. The molecule has 3 N–H and O–H groups in total. The third-order valence-electron chi connectivity index (χ3n) is 5.80. The summed E-state index contributed by atoms with van der Waals surface area (Å²) in [5, 5.41) is 3.67. The summed E-state index contributed by atoms with van der Waals surface area (Å²) in [7, 11) is 1.54. The molecule has 0 aliphatic carbocycles. The molecule has 0 spiro atoms. The number of benzene rings is 1. The minimum atomic E-state index is -0.715. The molecule has 1 fully saturated rings. The molecule has 3 rings (SSSR count). The second-order valence-electron chi connectivity index (χ2n) is 8.05. The number of carbonyl (C=O) groups excluding carboxylic acids is 3. The van der Waals surface area contributed by atoms with Gasteiger partial charge in [-0.05, 0) is 44.9 Å². The molecule has 1 aliphatic rings. The SMILES string of the molecule is CCOC(=O)N1CCN(C(=O)C(CCCCN)NC(=O)c2cc(OC)c3ccccc3n2)CC1.